The number of rotatable bonds is 4. The molecule has 6 aromatic rings. The molecular weight excluding hydrogens is 943 g/mol. The van der Waals surface area contributed by atoms with Gasteiger partial charge in [-0.05, 0) is 88.1 Å². The summed E-state index contributed by atoms with van der Waals surface area (Å²) in [4.78, 5) is 0. The second-order valence-corrected chi connectivity index (χ2v) is 34.2. The van der Waals surface area contributed by atoms with Crippen LogP contribution in [-0.4, -0.2) is 19.7 Å². The van der Waals surface area contributed by atoms with Crippen molar-refractivity contribution < 1.29 is 57.6 Å². The molecule has 0 N–H and O–H groups in total. The summed E-state index contributed by atoms with van der Waals surface area (Å²) in [5.41, 5.74) is 16.0. The molecule has 0 amide bonds. The maximum Gasteiger partial charge on any atom is -1.00 e. The number of hydrogen-bond donors (Lipinski definition) is 0. The fourth-order valence-corrected chi connectivity index (χ4v) is 8.37. The molecule has 0 heterocycles. The molecule has 0 aliphatic carbocycles. The summed E-state index contributed by atoms with van der Waals surface area (Å²) in [6.07, 6.45) is 0. The van der Waals surface area contributed by atoms with Crippen molar-refractivity contribution in [2.75, 3.05) is 14.2 Å². The molecule has 0 aromatic heterocycles. The fourth-order valence-electron chi connectivity index (χ4n) is 8.37. The Balaban J connectivity index is 0.000000408. The summed E-state index contributed by atoms with van der Waals surface area (Å²) in [5.74, 6) is 2.01. The maximum atomic E-state index is 6.13. The van der Waals surface area contributed by atoms with Gasteiger partial charge in [0.1, 0.15) is 11.5 Å². The summed E-state index contributed by atoms with van der Waals surface area (Å²) in [6.45, 7) is 50.1. The predicted molar refractivity (Wildman–Crippen MR) is 282 cm³/mol. The summed E-state index contributed by atoms with van der Waals surface area (Å²) < 4.78 is 12.3. The van der Waals surface area contributed by atoms with Gasteiger partial charge in [0.25, 0.3) is 0 Å². The van der Waals surface area contributed by atoms with Crippen molar-refractivity contribution >= 4 is 27.0 Å². The molecule has 0 unspecified atom stereocenters. The molecule has 0 fully saturated rings. The molecule has 66 heavy (non-hydrogen) atoms. The standard InChI is InChI=1S/2C29H39O.C2H6Si.2ClH.Zr/c2*1-18-12-19-16-24(29(8,9)10)26(30-11)25(23(19)13-18)20-14-21(27(2,3)4)17-22(15-20)28(5,6)7;1-3-2;;;/h2*12-17H,1-11H3;1-2H3;2*1H;/q2*-1;;;;+2/p-2. The Bertz CT molecular complexity index is 2390. The SMILES string of the molecule is COc1c(C(C)(C)C)cc2[cH-]c(C)cc2c1-c1cc(C(C)(C)C)cc(C(C)(C)C)c1.COc1c(C(C)(C)C)cc2[cH-]c(C)cc2c1-c1cc(C(C)(C)C)cc(C(C)(C)C)c1.C[Si](C)=[Zr+2].[Cl-].[Cl-]. The van der Waals surface area contributed by atoms with Gasteiger partial charge in [0, 0.05) is 0 Å². The van der Waals surface area contributed by atoms with Gasteiger partial charge in [0.15, 0.2) is 0 Å². The van der Waals surface area contributed by atoms with Crippen molar-refractivity contribution in [3.05, 3.63) is 117 Å². The van der Waals surface area contributed by atoms with E-state index in [0.29, 0.717) is 0 Å². The van der Waals surface area contributed by atoms with Crippen LogP contribution < -0.4 is 34.3 Å². The van der Waals surface area contributed by atoms with Crippen molar-refractivity contribution in [1.29, 1.82) is 0 Å². The van der Waals surface area contributed by atoms with Crippen molar-refractivity contribution in [1.82, 2.24) is 0 Å². The molecule has 0 aliphatic rings. The van der Waals surface area contributed by atoms with E-state index in [1.165, 1.54) is 88.3 Å². The maximum absolute atomic E-state index is 6.13. The van der Waals surface area contributed by atoms with Crippen molar-refractivity contribution in [3.8, 4) is 33.8 Å². The van der Waals surface area contributed by atoms with E-state index in [2.05, 4.69) is 224 Å². The van der Waals surface area contributed by atoms with Gasteiger partial charge in [-0.25, -0.2) is 0 Å². The van der Waals surface area contributed by atoms with Crippen molar-refractivity contribution in [2.45, 2.75) is 184 Å². The molecule has 0 aliphatic heterocycles. The molecule has 0 spiro atoms. The quantitative estimate of drug-likeness (QED) is 0.129. The zero-order valence-corrected chi connectivity index (χ0v) is 50.5. The van der Waals surface area contributed by atoms with Crippen LogP contribution in [0.4, 0.5) is 0 Å². The van der Waals surface area contributed by atoms with Crippen LogP contribution in [0.25, 0.3) is 43.8 Å². The average molecular weight is 1030 g/mol. The topological polar surface area (TPSA) is 18.5 Å². The fraction of sp³-hybridized carbons (Fsp3) is 0.500. The zero-order valence-electron chi connectivity index (χ0n) is 45.5. The van der Waals surface area contributed by atoms with Crippen LogP contribution in [0.3, 0.4) is 0 Å². The van der Waals surface area contributed by atoms with E-state index >= 15 is 0 Å². The molecule has 0 saturated carbocycles. The first kappa shape index (κ1) is 59.5. The minimum absolute atomic E-state index is 0. The van der Waals surface area contributed by atoms with E-state index < -0.39 is 0 Å². The first-order valence-electron chi connectivity index (χ1n) is 23.4. The van der Waals surface area contributed by atoms with Gasteiger partial charge >= 0.3 is 41.9 Å². The van der Waals surface area contributed by atoms with Crippen LogP contribution >= 0.6 is 0 Å². The normalized spacial score (nSPS) is 12.4. The molecule has 360 valence electrons. The minimum atomic E-state index is -0.00600. The van der Waals surface area contributed by atoms with E-state index in [1.54, 1.807) is 23.3 Å². The van der Waals surface area contributed by atoms with Crippen LogP contribution in [0.2, 0.25) is 13.1 Å². The molecular formula is C60H84Cl2O2SiZr-2. The molecule has 6 aromatic carbocycles. The Labute approximate surface area is 430 Å². The van der Waals surface area contributed by atoms with Gasteiger partial charge in [-0.15, -0.1) is 56.9 Å². The Morgan fingerprint density at radius 1 is 0.409 bits per heavy atom. The molecule has 0 atom stereocenters. The summed E-state index contributed by atoms with van der Waals surface area (Å²) in [7, 11) is 3.63. The number of aryl methyl sites for hydroxylation is 2. The van der Waals surface area contributed by atoms with E-state index in [-0.39, 0.29) is 62.7 Å². The Morgan fingerprint density at radius 2 is 0.652 bits per heavy atom. The monoisotopic (exact) mass is 1020 g/mol. The number of benzene rings is 4. The van der Waals surface area contributed by atoms with Crippen LogP contribution in [0.5, 0.6) is 11.5 Å². The number of fused-ring (bicyclic) bond motifs is 2. The molecule has 6 heteroatoms. The smallest absolute Gasteiger partial charge is 1.00 e. The summed E-state index contributed by atoms with van der Waals surface area (Å²) in [5, 5.41) is 5.16. The van der Waals surface area contributed by atoms with Gasteiger partial charge in [-0.2, -0.15) is 12.1 Å². The van der Waals surface area contributed by atoms with Crippen LogP contribution in [0.1, 0.15) is 169 Å². The summed E-state index contributed by atoms with van der Waals surface area (Å²) in [6, 6.07) is 28.1. The predicted octanol–water partition coefficient (Wildman–Crippen LogP) is 11.7. The largest absolute Gasteiger partial charge is 1.00 e. The van der Waals surface area contributed by atoms with Gasteiger partial charge in [-0.3, -0.25) is 0 Å². The van der Waals surface area contributed by atoms with E-state index in [9.17, 15) is 0 Å². The molecule has 6 rings (SSSR count). The number of halogens is 2. The number of hydrogen-bond acceptors (Lipinski definition) is 2. The minimum Gasteiger partial charge on any atom is -1.00 e. The van der Waals surface area contributed by atoms with Crippen LogP contribution in [0.15, 0.2) is 72.8 Å². The zero-order chi connectivity index (χ0) is 48.9. The van der Waals surface area contributed by atoms with Crippen LogP contribution in [-0.2, 0) is 55.8 Å². The third kappa shape index (κ3) is 14.2. The second kappa shape index (κ2) is 21.6. The first-order chi connectivity index (χ1) is 29.0. The number of ether oxygens (including phenoxy) is 2. The number of methoxy groups -OCH3 is 2. The Hall–Kier alpha value is -2.62. The third-order valence-electron chi connectivity index (χ3n) is 12.1. The third-order valence-corrected chi connectivity index (χ3v) is 12.1. The summed E-state index contributed by atoms with van der Waals surface area (Å²) >= 11 is 1.74. The van der Waals surface area contributed by atoms with Gasteiger partial charge in [0.05, 0.1) is 14.2 Å². The van der Waals surface area contributed by atoms with Gasteiger partial charge < -0.3 is 34.3 Å². The van der Waals surface area contributed by atoms with Gasteiger partial charge in [-0.1, -0.05) is 175 Å². The first-order valence-corrected chi connectivity index (χ1v) is 29.6. The second-order valence-electron chi connectivity index (χ2n) is 24.8. The van der Waals surface area contributed by atoms with Gasteiger partial charge in [0.2, 0.25) is 0 Å². The average Bonchev–Trinajstić information content (AvgIpc) is 3.70. The van der Waals surface area contributed by atoms with E-state index in [0.717, 1.165) is 11.5 Å². The van der Waals surface area contributed by atoms with Crippen molar-refractivity contribution in [2.24, 2.45) is 0 Å². The van der Waals surface area contributed by atoms with Crippen LogP contribution in [0, 0.1) is 13.8 Å². The van der Waals surface area contributed by atoms with E-state index in [4.69, 9.17) is 9.47 Å². The molecule has 0 radical (unpaired) electrons. The van der Waals surface area contributed by atoms with E-state index in [1.807, 2.05) is 14.2 Å². The van der Waals surface area contributed by atoms with Crippen molar-refractivity contribution in [3.63, 3.8) is 0 Å². The molecule has 2 nitrogen and oxygen atoms in total. The molecule has 0 bridgehead atoms. The Morgan fingerprint density at radius 3 is 0.848 bits per heavy atom. The Kier molecular flexibility index (Phi) is 19.4. The molecule has 0 saturated heterocycles.